The lowest BCUT2D eigenvalue weighted by molar-refractivity contribution is 0.249. The van der Waals surface area contributed by atoms with Crippen molar-refractivity contribution >= 4 is 23.3 Å². The first-order valence-corrected chi connectivity index (χ1v) is 6.61. The summed E-state index contributed by atoms with van der Waals surface area (Å²) < 4.78 is 4.99. The molecule has 1 unspecified atom stereocenters. The third-order valence-corrected chi connectivity index (χ3v) is 3.34. The van der Waals surface area contributed by atoms with Crippen LogP contribution in [0.15, 0.2) is 28.8 Å². The van der Waals surface area contributed by atoms with E-state index in [-0.39, 0.29) is 12.1 Å². The maximum Gasteiger partial charge on any atom is 0.319 e. The summed E-state index contributed by atoms with van der Waals surface area (Å²) in [5.74, 6) is 0.572. The van der Waals surface area contributed by atoms with Crippen LogP contribution in [0.1, 0.15) is 30.0 Å². The summed E-state index contributed by atoms with van der Waals surface area (Å²) in [6, 6.07) is 6.87. The average Bonchev–Trinajstić information content (AvgIpc) is 2.71. The zero-order chi connectivity index (χ0) is 14.7. The van der Waals surface area contributed by atoms with Gasteiger partial charge in [0.05, 0.1) is 6.04 Å². The van der Waals surface area contributed by atoms with Gasteiger partial charge in [0.15, 0.2) is 5.76 Å². The van der Waals surface area contributed by atoms with Gasteiger partial charge >= 0.3 is 6.03 Å². The van der Waals surface area contributed by atoms with Crippen molar-refractivity contribution in [2.24, 2.45) is 0 Å². The highest BCUT2D eigenvalue weighted by Gasteiger charge is 2.15. The van der Waals surface area contributed by atoms with Gasteiger partial charge in [0.25, 0.3) is 0 Å². The molecule has 2 N–H and O–H groups in total. The fourth-order valence-electron chi connectivity index (χ4n) is 1.91. The first kappa shape index (κ1) is 14.4. The van der Waals surface area contributed by atoms with Crippen LogP contribution in [0.3, 0.4) is 0 Å². The maximum absolute atomic E-state index is 12.0. The van der Waals surface area contributed by atoms with E-state index in [1.54, 1.807) is 19.9 Å². The Hall–Kier alpha value is -2.01. The van der Waals surface area contributed by atoms with Crippen molar-refractivity contribution in [3.63, 3.8) is 0 Å². The Kier molecular flexibility index (Phi) is 4.29. The molecule has 0 saturated heterocycles. The zero-order valence-electron chi connectivity index (χ0n) is 11.5. The number of aromatic nitrogens is 1. The minimum absolute atomic E-state index is 0.204. The summed E-state index contributed by atoms with van der Waals surface area (Å²) in [7, 11) is 0. The van der Waals surface area contributed by atoms with Gasteiger partial charge in [-0.3, -0.25) is 0 Å². The number of aryl methyl sites for hydroxylation is 2. The van der Waals surface area contributed by atoms with E-state index >= 15 is 0 Å². The molecule has 5 nitrogen and oxygen atoms in total. The number of rotatable bonds is 3. The number of urea groups is 1. The number of nitrogens with one attached hydrogen (secondary N) is 2. The minimum Gasteiger partial charge on any atom is -0.359 e. The molecule has 1 heterocycles. The number of anilines is 1. The third kappa shape index (κ3) is 3.11. The molecule has 0 fully saturated rings. The van der Waals surface area contributed by atoms with Gasteiger partial charge in [0, 0.05) is 5.02 Å². The number of halogens is 1. The Labute approximate surface area is 122 Å². The molecule has 0 aliphatic rings. The number of nitrogens with zero attached hydrogens (tertiary/aromatic N) is 1. The van der Waals surface area contributed by atoms with Crippen LogP contribution in [-0.2, 0) is 0 Å². The van der Waals surface area contributed by atoms with Crippen molar-refractivity contribution in [3.05, 3.63) is 46.3 Å². The molecule has 6 heteroatoms. The molecule has 2 aromatic rings. The highest BCUT2D eigenvalue weighted by Crippen LogP contribution is 2.23. The average molecular weight is 294 g/mol. The number of hydrogen-bond acceptors (Lipinski definition) is 3. The molecule has 0 saturated carbocycles. The number of carbonyl (C=O) groups is 1. The third-order valence-electron chi connectivity index (χ3n) is 2.99. The Morgan fingerprint density at radius 2 is 2.05 bits per heavy atom. The van der Waals surface area contributed by atoms with Crippen LogP contribution in [0.5, 0.6) is 0 Å². The second-order valence-corrected chi connectivity index (χ2v) is 4.95. The van der Waals surface area contributed by atoms with Crippen molar-refractivity contribution < 1.29 is 9.32 Å². The van der Waals surface area contributed by atoms with Gasteiger partial charge in [-0.25, -0.2) is 4.79 Å². The van der Waals surface area contributed by atoms with E-state index in [1.165, 1.54) is 0 Å². The van der Waals surface area contributed by atoms with E-state index < -0.39 is 0 Å². The van der Waals surface area contributed by atoms with Crippen molar-refractivity contribution in [3.8, 4) is 0 Å². The highest BCUT2D eigenvalue weighted by atomic mass is 35.5. The van der Waals surface area contributed by atoms with Gasteiger partial charge in [0.2, 0.25) is 0 Å². The summed E-state index contributed by atoms with van der Waals surface area (Å²) in [4.78, 5) is 12.0. The molecular formula is C14H16ClN3O2. The van der Waals surface area contributed by atoms with E-state index in [4.69, 9.17) is 16.1 Å². The largest absolute Gasteiger partial charge is 0.359 e. The standard InChI is InChI=1S/C14H16ClN3O2/c1-8(11-6-4-5-7-12(11)15)16-14(19)17-13-9(2)18-20-10(13)3/h4-8H,1-3H3,(H2,16,17,19). The lowest BCUT2D eigenvalue weighted by Gasteiger charge is -2.16. The number of benzene rings is 1. The molecule has 1 atom stereocenters. The van der Waals surface area contributed by atoms with Crippen LogP contribution in [-0.4, -0.2) is 11.2 Å². The van der Waals surface area contributed by atoms with Gasteiger partial charge in [-0.15, -0.1) is 0 Å². The lowest BCUT2D eigenvalue weighted by Crippen LogP contribution is -2.31. The van der Waals surface area contributed by atoms with Gasteiger partial charge in [-0.1, -0.05) is 35.0 Å². The molecule has 106 valence electrons. The number of amides is 2. The Morgan fingerprint density at radius 1 is 1.35 bits per heavy atom. The van der Waals surface area contributed by atoms with Crippen LogP contribution in [0.25, 0.3) is 0 Å². The summed E-state index contributed by atoms with van der Waals surface area (Å²) in [6.45, 7) is 5.38. The molecule has 1 aromatic carbocycles. The van der Waals surface area contributed by atoms with Crippen LogP contribution >= 0.6 is 11.6 Å². The zero-order valence-corrected chi connectivity index (χ0v) is 12.3. The minimum atomic E-state index is -0.327. The molecule has 0 radical (unpaired) electrons. The predicted molar refractivity (Wildman–Crippen MR) is 78.0 cm³/mol. The fourth-order valence-corrected chi connectivity index (χ4v) is 2.21. The van der Waals surface area contributed by atoms with E-state index in [2.05, 4.69) is 15.8 Å². The number of carbonyl (C=O) groups excluding carboxylic acids is 1. The SMILES string of the molecule is Cc1noc(C)c1NC(=O)NC(C)c1ccccc1Cl. The van der Waals surface area contributed by atoms with E-state index in [0.29, 0.717) is 22.2 Å². The Balaban J connectivity index is 2.04. The molecule has 2 rings (SSSR count). The Bertz CT molecular complexity index is 605. The molecule has 20 heavy (non-hydrogen) atoms. The molecule has 0 aliphatic carbocycles. The van der Waals surface area contributed by atoms with Crippen molar-refractivity contribution in [2.75, 3.05) is 5.32 Å². The normalized spacial score (nSPS) is 12.0. The lowest BCUT2D eigenvalue weighted by atomic mass is 10.1. The van der Waals surface area contributed by atoms with E-state index in [1.807, 2.05) is 25.1 Å². The second-order valence-electron chi connectivity index (χ2n) is 4.54. The van der Waals surface area contributed by atoms with Crippen LogP contribution in [0.4, 0.5) is 10.5 Å². The van der Waals surface area contributed by atoms with Crippen LogP contribution < -0.4 is 10.6 Å². The smallest absolute Gasteiger partial charge is 0.319 e. The van der Waals surface area contributed by atoms with Crippen LogP contribution in [0, 0.1) is 13.8 Å². The first-order valence-electron chi connectivity index (χ1n) is 6.24. The maximum atomic E-state index is 12.0. The van der Waals surface area contributed by atoms with Crippen molar-refractivity contribution in [1.29, 1.82) is 0 Å². The quantitative estimate of drug-likeness (QED) is 0.904. The summed E-state index contributed by atoms with van der Waals surface area (Å²) in [6.07, 6.45) is 0. The van der Waals surface area contributed by atoms with Gasteiger partial charge < -0.3 is 15.2 Å². The van der Waals surface area contributed by atoms with Crippen molar-refractivity contribution in [2.45, 2.75) is 26.8 Å². The molecule has 1 aromatic heterocycles. The molecule has 0 spiro atoms. The molecule has 0 bridgehead atoms. The van der Waals surface area contributed by atoms with Gasteiger partial charge in [-0.05, 0) is 32.4 Å². The molecular weight excluding hydrogens is 278 g/mol. The summed E-state index contributed by atoms with van der Waals surface area (Å²) >= 11 is 6.10. The molecule has 2 amide bonds. The van der Waals surface area contributed by atoms with E-state index in [0.717, 1.165) is 5.56 Å². The van der Waals surface area contributed by atoms with Gasteiger partial charge in [-0.2, -0.15) is 0 Å². The topological polar surface area (TPSA) is 67.2 Å². The van der Waals surface area contributed by atoms with E-state index in [9.17, 15) is 4.79 Å². The summed E-state index contributed by atoms with van der Waals surface area (Å²) in [5, 5.41) is 9.96. The monoisotopic (exact) mass is 293 g/mol. The predicted octanol–water partition coefficient (Wildman–Crippen LogP) is 3.83. The fraction of sp³-hybridized carbons (Fsp3) is 0.286. The number of hydrogen-bond donors (Lipinski definition) is 2. The van der Waals surface area contributed by atoms with Crippen LogP contribution in [0.2, 0.25) is 5.02 Å². The second kappa shape index (κ2) is 5.96. The Morgan fingerprint density at radius 3 is 2.65 bits per heavy atom. The first-order chi connectivity index (χ1) is 9.49. The highest BCUT2D eigenvalue weighted by molar-refractivity contribution is 6.31. The van der Waals surface area contributed by atoms with Crippen molar-refractivity contribution in [1.82, 2.24) is 10.5 Å². The van der Waals surface area contributed by atoms with Gasteiger partial charge in [0.1, 0.15) is 11.4 Å². The molecule has 0 aliphatic heterocycles. The summed E-state index contributed by atoms with van der Waals surface area (Å²) in [5.41, 5.74) is 2.10.